The standard InChI is InChI=1S/C14H12FN9/c1-7-18-12(16)22-13(19-7)24-10-3-2-8(15)6-9(10)20-14(24)21-11-4-5-17-23-11/h2-6H,1H3,(H2,16,18,19,22)(H2,17,20,21,23). The molecule has 0 fully saturated rings. The smallest absolute Gasteiger partial charge is 0.242 e. The minimum absolute atomic E-state index is 0.0916. The molecule has 0 aliphatic heterocycles. The van der Waals surface area contributed by atoms with Gasteiger partial charge in [-0.25, -0.2) is 13.9 Å². The first-order chi connectivity index (χ1) is 11.6. The number of hydrogen-bond donors (Lipinski definition) is 3. The van der Waals surface area contributed by atoms with Gasteiger partial charge >= 0.3 is 0 Å². The number of aromatic amines is 1. The van der Waals surface area contributed by atoms with Crippen LogP contribution in [0.2, 0.25) is 0 Å². The van der Waals surface area contributed by atoms with Crippen molar-refractivity contribution >= 4 is 28.7 Å². The Kier molecular flexibility index (Phi) is 3.08. The Morgan fingerprint density at radius 1 is 1.17 bits per heavy atom. The Balaban J connectivity index is 1.96. The van der Waals surface area contributed by atoms with E-state index in [1.807, 2.05) is 0 Å². The number of hydrogen-bond acceptors (Lipinski definition) is 7. The lowest BCUT2D eigenvalue weighted by Gasteiger charge is -2.09. The molecule has 0 atom stereocenters. The van der Waals surface area contributed by atoms with E-state index >= 15 is 0 Å². The van der Waals surface area contributed by atoms with Crippen molar-refractivity contribution in [2.75, 3.05) is 11.1 Å². The number of benzene rings is 1. The van der Waals surface area contributed by atoms with E-state index in [-0.39, 0.29) is 17.7 Å². The lowest BCUT2D eigenvalue weighted by Crippen LogP contribution is -2.10. The number of fused-ring (bicyclic) bond motifs is 1. The van der Waals surface area contributed by atoms with Crippen LogP contribution < -0.4 is 11.1 Å². The third kappa shape index (κ3) is 2.39. The molecule has 0 radical (unpaired) electrons. The molecule has 0 aliphatic rings. The summed E-state index contributed by atoms with van der Waals surface area (Å²) in [6.45, 7) is 1.71. The number of anilines is 3. The zero-order chi connectivity index (χ0) is 16.7. The van der Waals surface area contributed by atoms with E-state index in [9.17, 15) is 4.39 Å². The van der Waals surface area contributed by atoms with Crippen molar-refractivity contribution in [2.24, 2.45) is 0 Å². The van der Waals surface area contributed by atoms with Gasteiger partial charge in [-0.05, 0) is 19.1 Å². The van der Waals surface area contributed by atoms with E-state index in [2.05, 4.69) is 35.5 Å². The Labute approximate surface area is 134 Å². The molecule has 0 saturated heterocycles. The number of imidazole rings is 1. The quantitative estimate of drug-likeness (QED) is 0.524. The molecule has 0 aliphatic carbocycles. The predicted octanol–water partition coefficient (Wildman–Crippen LogP) is 1.71. The van der Waals surface area contributed by atoms with Crippen molar-refractivity contribution in [1.29, 1.82) is 0 Å². The summed E-state index contributed by atoms with van der Waals surface area (Å²) in [5, 5.41) is 9.72. The minimum atomic E-state index is -0.383. The van der Waals surface area contributed by atoms with Crippen LogP contribution >= 0.6 is 0 Å². The van der Waals surface area contributed by atoms with Crippen LogP contribution in [0, 0.1) is 12.7 Å². The van der Waals surface area contributed by atoms with E-state index in [1.165, 1.54) is 12.1 Å². The highest BCUT2D eigenvalue weighted by atomic mass is 19.1. The first kappa shape index (κ1) is 14.1. The predicted molar refractivity (Wildman–Crippen MR) is 85.4 cm³/mol. The molecular formula is C14H12FN9. The minimum Gasteiger partial charge on any atom is -0.368 e. The molecule has 0 spiro atoms. The van der Waals surface area contributed by atoms with Crippen LogP contribution in [0.1, 0.15) is 5.82 Å². The van der Waals surface area contributed by atoms with Crippen LogP contribution in [0.15, 0.2) is 30.5 Å². The van der Waals surface area contributed by atoms with Crippen molar-refractivity contribution in [3.8, 4) is 5.95 Å². The number of H-pyrrole nitrogens is 1. The first-order valence-corrected chi connectivity index (χ1v) is 7.03. The summed E-state index contributed by atoms with van der Waals surface area (Å²) < 4.78 is 15.2. The zero-order valence-electron chi connectivity index (χ0n) is 12.5. The summed E-state index contributed by atoms with van der Waals surface area (Å²) >= 11 is 0. The fourth-order valence-corrected chi connectivity index (χ4v) is 2.37. The summed E-state index contributed by atoms with van der Waals surface area (Å²) in [5.74, 6) is 1.47. The maximum absolute atomic E-state index is 13.5. The highest BCUT2D eigenvalue weighted by Crippen LogP contribution is 2.25. The molecule has 4 N–H and O–H groups in total. The Bertz CT molecular complexity index is 1000. The molecule has 120 valence electrons. The summed E-state index contributed by atoms with van der Waals surface area (Å²) in [7, 11) is 0. The highest BCUT2D eigenvalue weighted by Gasteiger charge is 2.17. The molecule has 4 rings (SSSR count). The second-order valence-corrected chi connectivity index (χ2v) is 5.04. The van der Waals surface area contributed by atoms with Crippen molar-refractivity contribution < 1.29 is 4.39 Å². The number of rotatable bonds is 3. The van der Waals surface area contributed by atoms with Gasteiger partial charge in [0.25, 0.3) is 0 Å². The molecule has 0 saturated carbocycles. The molecule has 0 amide bonds. The summed E-state index contributed by atoms with van der Waals surface area (Å²) in [6.07, 6.45) is 1.60. The van der Waals surface area contributed by atoms with Gasteiger partial charge in [-0.1, -0.05) is 0 Å². The molecule has 10 heteroatoms. The van der Waals surface area contributed by atoms with Gasteiger partial charge < -0.3 is 11.1 Å². The monoisotopic (exact) mass is 325 g/mol. The maximum Gasteiger partial charge on any atom is 0.242 e. The van der Waals surface area contributed by atoms with Gasteiger partial charge in [-0.3, -0.25) is 5.10 Å². The summed E-state index contributed by atoms with van der Waals surface area (Å²) in [5.41, 5.74) is 6.81. The van der Waals surface area contributed by atoms with Crippen molar-refractivity contribution in [1.82, 2.24) is 34.7 Å². The number of nitrogens with one attached hydrogen (secondary N) is 2. The van der Waals surface area contributed by atoms with Crippen LogP contribution in [0.5, 0.6) is 0 Å². The van der Waals surface area contributed by atoms with Gasteiger partial charge in [0.2, 0.25) is 17.8 Å². The van der Waals surface area contributed by atoms with Crippen LogP contribution in [0.3, 0.4) is 0 Å². The average Bonchev–Trinajstić information content (AvgIpc) is 3.13. The zero-order valence-corrected chi connectivity index (χ0v) is 12.5. The normalized spacial score (nSPS) is 11.1. The van der Waals surface area contributed by atoms with Crippen LogP contribution in [-0.4, -0.2) is 34.7 Å². The largest absolute Gasteiger partial charge is 0.368 e. The van der Waals surface area contributed by atoms with Crippen LogP contribution in [0.4, 0.5) is 22.1 Å². The maximum atomic E-state index is 13.5. The molecule has 9 nitrogen and oxygen atoms in total. The van der Waals surface area contributed by atoms with Gasteiger partial charge in [-0.2, -0.15) is 20.1 Å². The second kappa shape index (κ2) is 5.26. The number of aromatic nitrogens is 7. The van der Waals surface area contributed by atoms with Crippen molar-refractivity contribution in [3.05, 3.63) is 42.1 Å². The second-order valence-electron chi connectivity index (χ2n) is 5.04. The molecule has 1 aromatic carbocycles. The molecule has 4 aromatic rings. The Hall–Kier alpha value is -3.56. The van der Waals surface area contributed by atoms with Crippen LogP contribution in [0.25, 0.3) is 17.0 Å². The van der Waals surface area contributed by atoms with Gasteiger partial charge in [0.15, 0.2) is 0 Å². The van der Waals surface area contributed by atoms with E-state index in [0.29, 0.717) is 28.6 Å². The molecule has 3 aromatic heterocycles. The first-order valence-electron chi connectivity index (χ1n) is 7.03. The molecular weight excluding hydrogens is 313 g/mol. The van der Waals surface area contributed by atoms with E-state index < -0.39 is 0 Å². The number of halogens is 1. The summed E-state index contributed by atoms with van der Waals surface area (Å²) in [6, 6.07) is 6.02. The number of nitrogens with two attached hydrogens (primary N) is 1. The van der Waals surface area contributed by atoms with Gasteiger partial charge in [-0.15, -0.1) is 0 Å². The third-order valence-corrected chi connectivity index (χ3v) is 3.32. The SMILES string of the molecule is Cc1nc(N)nc(-n2c(Nc3ccn[nH]3)nc3cc(F)ccc32)n1. The van der Waals surface area contributed by atoms with E-state index in [4.69, 9.17) is 5.73 Å². The van der Waals surface area contributed by atoms with Gasteiger partial charge in [0.05, 0.1) is 17.2 Å². The Morgan fingerprint density at radius 3 is 2.79 bits per heavy atom. The molecule has 24 heavy (non-hydrogen) atoms. The van der Waals surface area contributed by atoms with Crippen molar-refractivity contribution in [2.45, 2.75) is 6.92 Å². The number of aryl methyl sites for hydroxylation is 1. The van der Waals surface area contributed by atoms with E-state index in [1.54, 1.807) is 29.8 Å². The lowest BCUT2D eigenvalue weighted by atomic mass is 10.3. The topological polar surface area (TPSA) is 123 Å². The van der Waals surface area contributed by atoms with Crippen molar-refractivity contribution in [3.63, 3.8) is 0 Å². The molecule has 0 unspecified atom stereocenters. The lowest BCUT2D eigenvalue weighted by molar-refractivity contribution is 0.629. The highest BCUT2D eigenvalue weighted by molar-refractivity contribution is 5.81. The average molecular weight is 325 g/mol. The number of nitrogen functional groups attached to an aromatic ring is 1. The summed E-state index contributed by atoms with van der Waals surface area (Å²) in [4.78, 5) is 16.8. The van der Waals surface area contributed by atoms with Gasteiger partial charge in [0, 0.05) is 12.1 Å². The fourth-order valence-electron chi connectivity index (χ4n) is 2.37. The fraction of sp³-hybridized carbons (Fsp3) is 0.0714. The molecule has 0 bridgehead atoms. The molecule has 3 heterocycles. The van der Waals surface area contributed by atoms with Gasteiger partial charge in [0.1, 0.15) is 17.5 Å². The van der Waals surface area contributed by atoms with Crippen LogP contribution in [-0.2, 0) is 0 Å². The third-order valence-electron chi connectivity index (χ3n) is 3.32. The number of nitrogens with zero attached hydrogens (tertiary/aromatic N) is 6. The Morgan fingerprint density at radius 2 is 2.04 bits per heavy atom. The van der Waals surface area contributed by atoms with E-state index in [0.717, 1.165) is 0 Å².